The van der Waals surface area contributed by atoms with Crippen LogP contribution in [-0.2, 0) is 0 Å². The molecule has 0 saturated heterocycles. The molecular formula is C13H28N2. The van der Waals surface area contributed by atoms with Crippen molar-refractivity contribution in [2.75, 3.05) is 26.2 Å². The number of nitrogens with zero attached hydrogens (tertiary/aromatic N) is 1. The van der Waals surface area contributed by atoms with E-state index in [-0.39, 0.29) is 0 Å². The normalized spacial score (nSPS) is 11.3. The van der Waals surface area contributed by atoms with Crippen LogP contribution in [0.1, 0.15) is 40.5 Å². The second-order valence-corrected chi connectivity index (χ2v) is 4.51. The van der Waals surface area contributed by atoms with Crippen LogP contribution >= 0.6 is 0 Å². The fraction of sp³-hybridized carbons (Fsp3) is 0.846. The molecule has 0 aromatic carbocycles. The lowest BCUT2D eigenvalue weighted by molar-refractivity contribution is 0.304. The third-order valence-electron chi connectivity index (χ3n) is 2.48. The highest BCUT2D eigenvalue weighted by atomic mass is 15.1. The monoisotopic (exact) mass is 212 g/mol. The van der Waals surface area contributed by atoms with Gasteiger partial charge in [0.25, 0.3) is 0 Å². The van der Waals surface area contributed by atoms with Crippen LogP contribution in [0.5, 0.6) is 0 Å². The van der Waals surface area contributed by atoms with Gasteiger partial charge in [-0.3, -0.25) is 4.90 Å². The summed E-state index contributed by atoms with van der Waals surface area (Å²) in [5, 5.41) is 3.40. The topological polar surface area (TPSA) is 15.3 Å². The van der Waals surface area contributed by atoms with Gasteiger partial charge in [-0.1, -0.05) is 40.7 Å². The Balaban J connectivity index is 3.70. The molecule has 0 aromatic heterocycles. The first kappa shape index (κ1) is 14.7. The van der Waals surface area contributed by atoms with E-state index in [2.05, 4.69) is 44.5 Å². The van der Waals surface area contributed by atoms with E-state index in [1.807, 2.05) is 0 Å². The molecule has 1 N–H and O–H groups in total. The summed E-state index contributed by atoms with van der Waals surface area (Å²) in [5.74, 6) is 0. The Labute approximate surface area is 95.7 Å². The molecule has 90 valence electrons. The summed E-state index contributed by atoms with van der Waals surface area (Å²) < 4.78 is 0. The van der Waals surface area contributed by atoms with E-state index in [1.54, 1.807) is 0 Å². The third kappa shape index (κ3) is 8.64. The summed E-state index contributed by atoms with van der Waals surface area (Å²) in [7, 11) is 0. The van der Waals surface area contributed by atoms with Gasteiger partial charge in [-0.15, -0.1) is 0 Å². The van der Waals surface area contributed by atoms with Crippen molar-refractivity contribution in [1.29, 1.82) is 0 Å². The lowest BCUT2D eigenvalue weighted by Gasteiger charge is -2.22. The Hall–Kier alpha value is -0.340. The number of likely N-dealkylation sites (N-methyl/N-ethyl adjacent to an activating group) is 1. The van der Waals surface area contributed by atoms with Crippen molar-refractivity contribution in [3.63, 3.8) is 0 Å². The molecule has 0 spiro atoms. The van der Waals surface area contributed by atoms with Crippen LogP contribution in [0.15, 0.2) is 12.2 Å². The number of unbranched alkanes of at least 4 members (excludes halogenated alkanes) is 1. The first-order chi connectivity index (χ1) is 7.10. The van der Waals surface area contributed by atoms with Crippen molar-refractivity contribution < 1.29 is 0 Å². The standard InChI is InChI=1S/C13H28N2/c1-6-8-9-15(7-2)11-13(5)10-14-12(3)4/h12,14H,5-11H2,1-4H3. The molecule has 0 aliphatic rings. The molecule has 0 atom stereocenters. The maximum atomic E-state index is 4.12. The van der Waals surface area contributed by atoms with Gasteiger partial charge in [-0.05, 0) is 25.1 Å². The summed E-state index contributed by atoms with van der Waals surface area (Å²) in [4.78, 5) is 2.47. The van der Waals surface area contributed by atoms with Gasteiger partial charge in [0.05, 0.1) is 0 Å². The fourth-order valence-corrected chi connectivity index (χ4v) is 1.45. The van der Waals surface area contributed by atoms with Crippen LogP contribution in [-0.4, -0.2) is 37.1 Å². The summed E-state index contributed by atoms with van der Waals surface area (Å²) in [6.07, 6.45) is 2.56. The molecule has 0 fully saturated rings. The number of nitrogens with one attached hydrogen (secondary N) is 1. The van der Waals surface area contributed by atoms with E-state index >= 15 is 0 Å². The molecule has 0 unspecified atom stereocenters. The van der Waals surface area contributed by atoms with E-state index in [1.165, 1.54) is 25.0 Å². The lowest BCUT2D eigenvalue weighted by atomic mass is 10.2. The van der Waals surface area contributed by atoms with Crippen molar-refractivity contribution in [2.45, 2.75) is 46.6 Å². The molecule has 0 aliphatic heterocycles. The molecule has 0 aromatic rings. The van der Waals surface area contributed by atoms with E-state index < -0.39 is 0 Å². The van der Waals surface area contributed by atoms with Crippen molar-refractivity contribution in [1.82, 2.24) is 10.2 Å². The summed E-state index contributed by atoms with van der Waals surface area (Å²) in [5.41, 5.74) is 1.29. The largest absolute Gasteiger partial charge is 0.311 e. The smallest absolute Gasteiger partial charge is 0.0202 e. The highest BCUT2D eigenvalue weighted by Crippen LogP contribution is 1.99. The van der Waals surface area contributed by atoms with Gasteiger partial charge < -0.3 is 5.32 Å². The van der Waals surface area contributed by atoms with Crippen molar-refractivity contribution >= 4 is 0 Å². The molecule has 0 bridgehead atoms. The minimum atomic E-state index is 0.549. The van der Waals surface area contributed by atoms with Gasteiger partial charge >= 0.3 is 0 Å². The van der Waals surface area contributed by atoms with Gasteiger partial charge in [-0.2, -0.15) is 0 Å². The van der Waals surface area contributed by atoms with Crippen LogP contribution < -0.4 is 5.32 Å². The summed E-state index contributed by atoms with van der Waals surface area (Å²) in [6, 6.07) is 0.549. The minimum Gasteiger partial charge on any atom is -0.311 e. The van der Waals surface area contributed by atoms with Gasteiger partial charge in [0.1, 0.15) is 0 Å². The molecule has 15 heavy (non-hydrogen) atoms. The molecular weight excluding hydrogens is 184 g/mol. The first-order valence-electron chi connectivity index (χ1n) is 6.22. The maximum Gasteiger partial charge on any atom is 0.0202 e. The number of hydrogen-bond acceptors (Lipinski definition) is 2. The Morgan fingerprint density at radius 2 is 2.00 bits per heavy atom. The van der Waals surface area contributed by atoms with E-state index in [4.69, 9.17) is 0 Å². The second-order valence-electron chi connectivity index (χ2n) is 4.51. The van der Waals surface area contributed by atoms with Crippen molar-refractivity contribution in [3.05, 3.63) is 12.2 Å². The van der Waals surface area contributed by atoms with Gasteiger partial charge in [-0.25, -0.2) is 0 Å². The summed E-state index contributed by atoms with van der Waals surface area (Å²) >= 11 is 0. The van der Waals surface area contributed by atoms with E-state index in [0.29, 0.717) is 6.04 Å². The molecule has 0 heterocycles. The van der Waals surface area contributed by atoms with E-state index in [9.17, 15) is 0 Å². The van der Waals surface area contributed by atoms with Crippen molar-refractivity contribution in [3.8, 4) is 0 Å². The molecule has 0 radical (unpaired) electrons. The van der Waals surface area contributed by atoms with Crippen molar-refractivity contribution in [2.24, 2.45) is 0 Å². The Bertz CT molecular complexity index is 164. The average molecular weight is 212 g/mol. The van der Waals surface area contributed by atoms with Crippen LogP contribution in [0.25, 0.3) is 0 Å². The minimum absolute atomic E-state index is 0.549. The zero-order valence-electron chi connectivity index (χ0n) is 11.0. The maximum absolute atomic E-state index is 4.12. The van der Waals surface area contributed by atoms with Gasteiger partial charge in [0.2, 0.25) is 0 Å². The lowest BCUT2D eigenvalue weighted by Crippen LogP contribution is -2.32. The third-order valence-corrected chi connectivity index (χ3v) is 2.48. The molecule has 0 rings (SSSR count). The van der Waals surface area contributed by atoms with E-state index in [0.717, 1.165) is 19.6 Å². The van der Waals surface area contributed by atoms with Crippen LogP contribution in [0, 0.1) is 0 Å². The van der Waals surface area contributed by atoms with Crippen LogP contribution in [0.3, 0.4) is 0 Å². The predicted octanol–water partition coefficient (Wildman–Crippen LogP) is 2.66. The van der Waals surface area contributed by atoms with Gasteiger partial charge in [0, 0.05) is 19.1 Å². The van der Waals surface area contributed by atoms with Crippen LogP contribution in [0.2, 0.25) is 0 Å². The zero-order valence-corrected chi connectivity index (χ0v) is 11.0. The number of hydrogen-bond donors (Lipinski definition) is 1. The SMILES string of the molecule is C=C(CNC(C)C)CN(CC)CCCC. The highest BCUT2D eigenvalue weighted by molar-refractivity contribution is 4.99. The van der Waals surface area contributed by atoms with Gasteiger partial charge in [0.15, 0.2) is 0 Å². The predicted molar refractivity (Wildman–Crippen MR) is 69.3 cm³/mol. The Morgan fingerprint density at radius 1 is 1.33 bits per heavy atom. The highest BCUT2D eigenvalue weighted by Gasteiger charge is 2.04. The Morgan fingerprint density at radius 3 is 2.47 bits per heavy atom. The molecule has 2 heteroatoms. The fourth-order valence-electron chi connectivity index (χ4n) is 1.45. The first-order valence-corrected chi connectivity index (χ1v) is 6.22. The molecule has 0 saturated carbocycles. The Kier molecular flexibility index (Phi) is 8.73. The van der Waals surface area contributed by atoms with Crippen LogP contribution in [0.4, 0.5) is 0 Å². The molecule has 0 amide bonds. The summed E-state index contributed by atoms with van der Waals surface area (Å²) in [6.45, 7) is 17.2. The quantitative estimate of drug-likeness (QED) is 0.591. The molecule has 2 nitrogen and oxygen atoms in total. The average Bonchev–Trinajstić information content (AvgIpc) is 2.21. The molecule has 0 aliphatic carbocycles. The number of rotatable bonds is 9. The second kappa shape index (κ2) is 8.93. The zero-order chi connectivity index (χ0) is 11.7.